The molecule has 0 radical (unpaired) electrons. The fraction of sp³-hybridized carbons (Fsp3) is 0.333. The molecule has 1 aromatic rings. The molecule has 21 heavy (non-hydrogen) atoms. The lowest BCUT2D eigenvalue weighted by Crippen LogP contribution is -2.15. The van der Waals surface area contributed by atoms with E-state index >= 15 is 0 Å². The Labute approximate surface area is 122 Å². The van der Waals surface area contributed by atoms with Crippen molar-refractivity contribution in [2.24, 2.45) is 0 Å². The summed E-state index contributed by atoms with van der Waals surface area (Å²) in [6.45, 7) is 1.09. The molecule has 114 valence electrons. The number of carbonyl (C=O) groups is 2. The van der Waals surface area contributed by atoms with Crippen LogP contribution < -0.4 is 0 Å². The Hall–Kier alpha value is -2.18. The van der Waals surface area contributed by atoms with Gasteiger partial charge >= 0.3 is 11.9 Å². The Bertz CT molecular complexity index is 521. The van der Waals surface area contributed by atoms with Crippen molar-refractivity contribution >= 4 is 18.0 Å². The van der Waals surface area contributed by atoms with Gasteiger partial charge in [0.1, 0.15) is 0 Å². The Morgan fingerprint density at radius 1 is 1.14 bits per heavy atom. The number of ether oxygens (including phenoxy) is 2. The zero-order chi connectivity index (χ0) is 15.7. The van der Waals surface area contributed by atoms with Crippen LogP contribution in [-0.4, -0.2) is 35.4 Å². The van der Waals surface area contributed by atoms with Crippen molar-refractivity contribution in [1.82, 2.24) is 0 Å². The second-order valence-corrected chi connectivity index (χ2v) is 4.09. The Balaban J connectivity index is 2.59. The predicted molar refractivity (Wildman–Crippen MR) is 74.9 cm³/mol. The average molecular weight is 294 g/mol. The predicted octanol–water partition coefficient (Wildman–Crippen LogP) is 0.791. The van der Waals surface area contributed by atoms with Crippen LogP contribution in [0.25, 0.3) is 6.08 Å². The molecule has 0 atom stereocenters. The summed E-state index contributed by atoms with van der Waals surface area (Å²) in [6, 6.07) is 5.01. The van der Waals surface area contributed by atoms with Gasteiger partial charge in [0.15, 0.2) is 6.61 Å². The van der Waals surface area contributed by atoms with Crippen LogP contribution >= 0.6 is 0 Å². The average Bonchev–Trinajstić information content (AvgIpc) is 2.50. The lowest BCUT2D eigenvalue weighted by Gasteiger charge is -2.05. The quantitative estimate of drug-likeness (QED) is 0.570. The van der Waals surface area contributed by atoms with E-state index in [-0.39, 0.29) is 19.8 Å². The molecule has 0 bridgehead atoms. The minimum absolute atomic E-state index is 0.165. The van der Waals surface area contributed by atoms with Gasteiger partial charge in [-0.1, -0.05) is 12.1 Å². The summed E-state index contributed by atoms with van der Waals surface area (Å²) in [6.07, 6.45) is 2.67. The van der Waals surface area contributed by atoms with Crippen LogP contribution in [0.5, 0.6) is 0 Å². The third-order valence-corrected chi connectivity index (χ3v) is 2.62. The van der Waals surface area contributed by atoms with E-state index in [4.69, 9.17) is 10.2 Å². The van der Waals surface area contributed by atoms with Crippen molar-refractivity contribution in [2.45, 2.75) is 20.1 Å². The summed E-state index contributed by atoms with van der Waals surface area (Å²) >= 11 is 0. The van der Waals surface area contributed by atoms with Crippen molar-refractivity contribution in [3.8, 4) is 0 Å². The summed E-state index contributed by atoms with van der Waals surface area (Å²) in [4.78, 5) is 22.4. The molecule has 0 aliphatic rings. The largest absolute Gasteiger partial charge is 0.463 e. The molecule has 6 heteroatoms. The highest BCUT2D eigenvalue weighted by atomic mass is 16.6. The summed E-state index contributed by atoms with van der Waals surface area (Å²) in [5, 5.41) is 18.2. The van der Waals surface area contributed by atoms with E-state index in [0.717, 1.165) is 0 Å². The zero-order valence-corrected chi connectivity index (χ0v) is 11.7. The molecule has 0 aliphatic carbocycles. The second kappa shape index (κ2) is 8.89. The molecular formula is C15H18O6. The molecule has 0 saturated heterocycles. The molecule has 0 aromatic heterocycles. The molecule has 0 amide bonds. The van der Waals surface area contributed by atoms with Crippen LogP contribution in [-0.2, 0) is 32.3 Å². The highest BCUT2D eigenvalue weighted by molar-refractivity contribution is 5.88. The maximum absolute atomic E-state index is 11.4. The van der Waals surface area contributed by atoms with E-state index in [1.54, 1.807) is 25.1 Å². The van der Waals surface area contributed by atoms with E-state index < -0.39 is 18.5 Å². The molecule has 2 N–H and O–H groups in total. The van der Waals surface area contributed by atoms with Gasteiger partial charge in [-0.3, -0.25) is 0 Å². The first kappa shape index (κ1) is 16.9. The van der Waals surface area contributed by atoms with Gasteiger partial charge in [-0.05, 0) is 35.8 Å². The van der Waals surface area contributed by atoms with Crippen molar-refractivity contribution in [3.63, 3.8) is 0 Å². The van der Waals surface area contributed by atoms with Gasteiger partial charge < -0.3 is 19.7 Å². The molecule has 0 unspecified atom stereocenters. The molecule has 1 rings (SSSR count). The first-order valence-electron chi connectivity index (χ1n) is 6.44. The Morgan fingerprint density at radius 2 is 1.86 bits per heavy atom. The molecule has 0 fully saturated rings. The molecule has 0 aliphatic heterocycles. The van der Waals surface area contributed by atoms with Gasteiger partial charge in [0.05, 0.1) is 19.8 Å². The van der Waals surface area contributed by atoms with Gasteiger partial charge in [0.25, 0.3) is 0 Å². The minimum atomic E-state index is -0.667. The number of rotatable bonds is 7. The number of benzene rings is 1. The molecule has 0 heterocycles. The lowest BCUT2D eigenvalue weighted by molar-refractivity contribution is -0.155. The van der Waals surface area contributed by atoms with Gasteiger partial charge in [-0.15, -0.1) is 0 Å². The Morgan fingerprint density at radius 3 is 2.48 bits per heavy atom. The highest BCUT2D eigenvalue weighted by Gasteiger charge is 2.05. The fourth-order valence-corrected chi connectivity index (χ4v) is 1.60. The van der Waals surface area contributed by atoms with Crippen LogP contribution in [0.4, 0.5) is 0 Å². The van der Waals surface area contributed by atoms with Crippen LogP contribution in [0.1, 0.15) is 23.6 Å². The summed E-state index contributed by atoms with van der Waals surface area (Å²) in [7, 11) is 0. The third kappa shape index (κ3) is 5.76. The second-order valence-electron chi connectivity index (χ2n) is 4.09. The van der Waals surface area contributed by atoms with Crippen molar-refractivity contribution in [1.29, 1.82) is 0 Å². The molecule has 0 spiro atoms. The van der Waals surface area contributed by atoms with Gasteiger partial charge in [-0.25, -0.2) is 9.59 Å². The molecular weight excluding hydrogens is 276 g/mol. The van der Waals surface area contributed by atoms with Crippen LogP contribution in [0.3, 0.4) is 0 Å². The van der Waals surface area contributed by atoms with E-state index in [1.807, 2.05) is 0 Å². The Kier molecular flexibility index (Phi) is 7.14. The normalized spacial score (nSPS) is 10.6. The van der Waals surface area contributed by atoms with E-state index in [9.17, 15) is 9.59 Å². The van der Waals surface area contributed by atoms with Crippen molar-refractivity contribution in [3.05, 3.63) is 41.0 Å². The summed E-state index contributed by atoms with van der Waals surface area (Å²) < 4.78 is 9.31. The van der Waals surface area contributed by atoms with Gasteiger partial charge in [-0.2, -0.15) is 0 Å². The van der Waals surface area contributed by atoms with Crippen molar-refractivity contribution in [2.75, 3.05) is 13.2 Å². The van der Waals surface area contributed by atoms with E-state index in [0.29, 0.717) is 16.7 Å². The van der Waals surface area contributed by atoms with Gasteiger partial charge in [0, 0.05) is 6.08 Å². The fourth-order valence-electron chi connectivity index (χ4n) is 1.60. The zero-order valence-electron chi connectivity index (χ0n) is 11.7. The summed E-state index contributed by atoms with van der Waals surface area (Å²) in [5.41, 5.74) is 1.88. The molecule has 0 saturated carbocycles. The first-order chi connectivity index (χ1) is 10.1. The van der Waals surface area contributed by atoms with Crippen LogP contribution in [0.15, 0.2) is 24.3 Å². The number of aliphatic hydroxyl groups is 2. The SMILES string of the molecule is CCOC(=O)COC(=O)/C=C/c1ccc(CO)c(CO)c1. The van der Waals surface area contributed by atoms with Gasteiger partial charge in [0.2, 0.25) is 0 Å². The highest BCUT2D eigenvalue weighted by Crippen LogP contribution is 2.13. The maximum Gasteiger partial charge on any atom is 0.344 e. The molecule has 1 aromatic carbocycles. The monoisotopic (exact) mass is 294 g/mol. The first-order valence-corrected chi connectivity index (χ1v) is 6.44. The smallest absolute Gasteiger partial charge is 0.344 e. The number of esters is 2. The number of hydrogen-bond acceptors (Lipinski definition) is 6. The topological polar surface area (TPSA) is 93.1 Å². The van der Waals surface area contributed by atoms with Crippen LogP contribution in [0.2, 0.25) is 0 Å². The standard InChI is InChI=1S/C15H18O6/c1-2-20-15(19)10-21-14(18)6-4-11-3-5-12(8-16)13(7-11)9-17/h3-7,16-17H,2,8-10H2,1H3/b6-4+. The lowest BCUT2D eigenvalue weighted by atomic mass is 10.0. The minimum Gasteiger partial charge on any atom is -0.463 e. The molecule has 6 nitrogen and oxygen atoms in total. The van der Waals surface area contributed by atoms with E-state index in [2.05, 4.69) is 9.47 Å². The third-order valence-electron chi connectivity index (χ3n) is 2.62. The van der Waals surface area contributed by atoms with E-state index in [1.165, 1.54) is 12.2 Å². The number of aliphatic hydroxyl groups excluding tert-OH is 2. The van der Waals surface area contributed by atoms with Crippen LogP contribution in [0, 0.1) is 0 Å². The number of hydrogen-bond donors (Lipinski definition) is 2. The number of carbonyl (C=O) groups excluding carboxylic acids is 2. The summed E-state index contributed by atoms with van der Waals surface area (Å²) in [5.74, 6) is -1.27. The maximum atomic E-state index is 11.4. The van der Waals surface area contributed by atoms with Crippen molar-refractivity contribution < 1.29 is 29.3 Å².